The molecule has 10 heteroatoms. The molecule has 0 aromatic heterocycles. The van der Waals surface area contributed by atoms with E-state index >= 15 is 0 Å². The van der Waals surface area contributed by atoms with Gasteiger partial charge in [-0.25, -0.2) is 4.57 Å². The fraction of sp³-hybridized carbons (Fsp3) is 0.545. The van der Waals surface area contributed by atoms with Crippen LogP contribution in [0.5, 0.6) is 0 Å². The van der Waals surface area contributed by atoms with Crippen molar-refractivity contribution in [3.8, 4) is 0 Å². The average Bonchev–Trinajstić information content (AvgIpc) is 2.77. The lowest BCUT2D eigenvalue weighted by atomic mass is 9.97. The summed E-state index contributed by atoms with van der Waals surface area (Å²) < 4.78 is 54.4. The molecule has 0 heterocycles. The quantitative estimate of drug-likeness (QED) is 0.294. The predicted octanol–water partition coefficient (Wildman–Crippen LogP) is 6.28. The Hall–Kier alpha value is -1.08. The number of nitrogens with one attached hydrogen (secondary N) is 1. The van der Waals surface area contributed by atoms with Crippen molar-refractivity contribution in [3.05, 3.63) is 48.0 Å². The van der Waals surface area contributed by atoms with E-state index in [1.807, 2.05) is 42.5 Å². The maximum atomic E-state index is 13.7. The number of fused-ring (bicyclic) bond motifs is 1. The highest BCUT2D eigenvalue weighted by molar-refractivity contribution is 7.56. The van der Waals surface area contributed by atoms with Crippen LogP contribution in [-0.2, 0) is 31.7 Å². The minimum absolute atomic E-state index is 0.107. The third-order valence-corrected chi connectivity index (χ3v) is 8.87. The van der Waals surface area contributed by atoms with E-state index < -0.39 is 21.3 Å². The molecule has 32 heavy (non-hydrogen) atoms. The molecule has 2 rings (SSSR count). The molecule has 0 amide bonds. The minimum atomic E-state index is -3.99. The molecule has 1 N–H and O–H groups in total. The first-order valence-electron chi connectivity index (χ1n) is 11.0. The summed E-state index contributed by atoms with van der Waals surface area (Å²) in [6.45, 7) is 7.29. The van der Waals surface area contributed by atoms with E-state index in [-0.39, 0.29) is 38.9 Å². The first-order valence-corrected chi connectivity index (χ1v) is 14.0. The lowest BCUT2D eigenvalue weighted by Crippen LogP contribution is -2.26. The number of hydrogen-bond donors (Lipinski definition) is 1. The molecule has 2 aromatic rings. The maximum Gasteiger partial charge on any atom is 0.475 e. The summed E-state index contributed by atoms with van der Waals surface area (Å²) >= 11 is 0. The van der Waals surface area contributed by atoms with Gasteiger partial charge in [0.1, 0.15) is 0 Å². The summed E-state index contributed by atoms with van der Waals surface area (Å²) in [7, 11) is -6.00. The van der Waals surface area contributed by atoms with Crippen LogP contribution in [0.1, 0.15) is 45.7 Å². The summed E-state index contributed by atoms with van der Waals surface area (Å²) in [6, 6.07) is 13.7. The first-order chi connectivity index (χ1) is 15.4. The SMILES string of the molecule is CCOP(=O)(OCC)OC(CC(NC)c1cccc2ccccc12)P(=O)(OCC)OCC. The topological polar surface area (TPSA) is 92.3 Å². The molecular weight excluding hydrogens is 452 g/mol. The molecule has 0 aliphatic carbocycles. The number of phosphoric acid groups is 1. The molecule has 0 radical (unpaired) electrons. The minimum Gasteiger partial charge on any atom is -0.313 e. The van der Waals surface area contributed by atoms with Crippen LogP contribution in [0.25, 0.3) is 10.8 Å². The zero-order valence-corrected chi connectivity index (χ0v) is 21.3. The highest BCUT2D eigenvalue weighted by Gasteiger charge is 2.44. The Labute approximate surface area is 191 Å². The van der Waals surface area contributed by atoms with Crippen molar-refractivity contribution in [2.75, 3.05) is 33.5 Å². The highest BCUT2D eigenvalue weighted by Crippen LogP contribution is 2.62. The molecule has 2 atom stereocenters. The Morgan fingerprint density at radius 2 is 1.38 bits per heavy atom. The van der Waals surface area contributed by atoms with Gasteiger partial charge in [-0.05, 0) is 51.1 Å². The van der Waals surface area contributed by atoms with Gasteiger partial charge in [0, 0.05) is 12.5 Å². The Kier molecular flexibility index (Phi) is 11.0. The number of benzene rings is 2. The molecule has 2 aromatic carbocycles. The van der Waals surface area contributed by atoms with Crippen LogP contribution in [0.2, 0.25) is 0 Å². The smallest absolute Gasteiger partial charge is 0.313 e. The van der Waals surface area contributed by atoms with Crippen molar-refractivity contribution in [1.82, 2.24) is 5.32 Å². The fourth-order valence-corrected chi connectivity index (χ4v) is 7.13. The van der Waals surface area contributed by atoms with E-state index in [2.05, 4.69) is 5.32 Å². The predicted molar refractivity (Wildman–Crippen MR) is 127 cm³/mol. The lowest BCUT2D eigenvalue weighted by molar-refractivity contribution is 0.0826. The summed E-state index contributed by atoms with van der Waals surface area (Å²) in [4.78, 5) is 0. The van der Waals surface area contributed by atoms with Crippen molar-refractivity contribution in [3.63, 3.8) is 0 Å². The van der Waals surface area contributed by atoms with Crippen LogP contribution in [0.4, 0.5) is 0 Å². The van der Waals surface area contributed by atoms with Gasteiger partial charge in [-0.3, -0.25) is 18.1 Å². The third-order valence-electron chi connectivity index (χ3n) is 4.78. The standard InChI is InChI=1S/C22H35NO7P2/c1-6-26-31(24,27-7-2)22(30-32(25,28-8-3)29-9-4)17-21(23-5)20-16-12-14-18-13-10-11-15-19(18)20/h10-16,21-23H,6-9,17H2,1-5H3. The molecule has 0 spiro atoms. The summed E-state index contributed by atoms with van der Waals surface area (Å²) in [5.74, 6) is -1.18. The summed E-state index contributed by atoms with van der Waals surface area (Å²) in [5.41, 5.74) is 0.987. The molecule has 0 saturated heterocycles. The van der Waals surface area contributed by atoms with Crippen LogP contribution in [0.15, 0.2) is 42.5 Å². The van der Waals surface area contributed by atoms with Crippen LogP contribution in [0.3, 0.4) is 0 Å². The van der Waals surface area contributed by atoms with Crippen molar-refractivity contribution in [2.45, 2.75) is 46.0 Å². The Morgan fingerprint density at radius 3 is 1.94 bits per heavy atom. The first kappa shape index (κ1) is 27.2. The van der Waals surface area contributed by atoms with Gasteiger partial charge in [0.05, 0.1) is 26.4 Å². The van der Waals surface area contributed by atoms with Gasteiger partial charge < -0.3 is 14.4 Å². The van der Waals surface area contributed by atoms with E-state index in [9.17, 15) is 9.13 Å². The van der Waals surface area contributed by atoms with E-state index in [1.165, 1.54) is 0 Å². The molecular formula is C22H35NO7P2. The monoisotopic (exact) mass is 487 g/mol. The normalized spacial score (nSPS) is 14.5. The van der Waals surface area contributed by atoms with Crippen LogP contribution in [0, 0.1) is 0 Å². The Morgan fingerprint density at radius 1 is 0.812 bits per heavy atom. The van der Waals surface area contributed by atoms with Gasteiger partial charge in [-0.1, -0.05) is 42.5 Å². The Bertz CT molecular complexity index is 914. The Balaban J connectivity index is 2.49. The van der Waals surface area contributed by atoms with Crippen molar-refractivity contribution in [2.24, 2.45) is 0 Å². The fourth-order valence-electron chi connectivity index (χ4n) is 3.51. The lowest BCUT2D eigenvalue weighted by Gasteiger charge is -2.31. The second-order valence-corrected chi connectivity index (χ2v) is 10.7. The summed E-state index contributed by atoms with van der Waals surface area (Å²) in [5, 5.41) is 5.39. The van der Waals surface area contributed by atoms with E-state index in [0.29, 0.717) is 0 Å². The maximum absolute atomic E-state index is 13.7. The molecule has 180 valence electrons. The van der Waals surface area contributed by atoms with Crippen LogP contribution in [-0.4, -0.2) is 39.3 Å². The van der Waals surface area contributed by atoms with Crippen LogP contribution < -0.4 is 5.32 Å². The number of rotatable bonds is 15. The second-order valence-electron chi connectivity index (χ2n) is 6.86. The molecule has 0 aliphatic heterocycles. The molecule has 0 bridgehead atoms. The number of hydrogen-bond acceptors (Lipinski definition) is 8. The molecule has 0 saturated carbocycles. The van der Waals surface area contributed by atoms with Crippen LogP contribution >= 0.6 is 15.4 Å². The largest absolute Gasteiger partial charge is 0.475 e. The van der Waals surface area contributed by atoms with Gasteiger partial charge in [0.25, 0.3) is 0 Å². The van der Waals surface area contributed by atoms with E-state index in [0.717, 1.165) is 16.3 Å². The van der Waals surface area contributed by atoms with Crippen molar-refractivity contribution >= 4 is 26.2 Å². The second kappa shape index (κ2) is 13.0. The van der Waals surface area contributed by atoms with Gasteiger partial charge >= 0.3 is 15.4 Å². The number of phosphoric ester groups is 1. The zero-order valence-electron chi connectivity index (χ0n) is 19.5. The molecule has 0 aliphatic rings. The molecule has 8 nitrogen and oxygen atoms in total. The van der Waals surface area contributed by atoms with Crippen molar-refractivity contribution in [1.29, 1.82) is 0 Å². The van der Waals surface area contributed by atoms with E-state index in [4.69, 9.17) is 22.6 Å². The van der Waals surface area contributed by atoms with Gasteiger partial charge in [0.2, 0.25) is 0 Å². The van der Waals surface area contributed by atoms with Crippen molar-refractivity contribution < 1.29 is 31.7 Å². The highest BCUT2D eigenvalue weighted by atomic mass is 31.2. The third kappa shape index (κ3) is 6.96. The molecule has 0 fully saturated rings. The zero-order chi connectivity index (χ0) is 23.6. The van der Waals surface area contributed by atoms with Gasteiger partial charge in [-0.15, -0.1) is 0 Å². The average molecular weight is 487 g/mol. The van der Waals surface area contributed by atoms with E-state index in [1.54, 1.807) is 34.7 Å². The summed E-state index contributed by atoms with van der Waals surface area (Å²) in [6.07, 6.45) is 0.159. The van der Waals surface area contributed by atoms with Gasteiger partial charge in [-0.2, -0.15) is 0 Å². The van der Waals surface area contributed by atoms with Gasteiger partial charge in [0.15, 0.2) is 5.85 Å². The molecule has 2 unspecified atom stereocenters.